The molecule has 1 fully saturated rings. The van der Waals surface area contributed by atoms with Crippen LogP contribution < -0.4 is 5.32 Å². The van der Waals surface area contributed by atoms with Crippen molar-refractivity contribution in [2.75, 3.05) is 6.54 Å². The summed E-state index contributed by atoms with van der Waals surface area (Å²) in [6.45, 7) is 3.25. The van der Waals surface area contributed by atoms with Crippen molar-refractivity contribution in [2.24, 2.45) is 0 Å². The van der Waals surface area contributed by atoms with Crippen molar-refractivity contribution in [3.8, 4) is 11.3 Å². The van der Waals surface area contributed by atoms with Gasteiger partial charge < -0.3 is 5.32 Å². The van der Waals surface area contributed by atoms with Gasteiger partial charge in [-0.15, -0.1) is 11.3 Å². The fraction of sp³-hybridized carbons (Fsp3) is 0.357. The Morgan fingerprint density at radius 1 is 1.33 bits per heavy atom. The molecule has 1 aliphatic rings. The quantitative estimate of drug-likeness (QED) is 0.891. The van der Waals surface area contributed by atoms with Crippen molar-refractivity contribution in [2.45, 2.75) is 25.8 Å². The van der Waals surface area contributed by atoms with Gasteiger partial charge in [-0.05, 0) is 38.4 Å². The zero-order valence-electron chi connectivity index (χ0n) is 10.2. The van der Waals surface area contributed by atoms with Crippen molar-refractivity contribution < 1.29 is 0 Å². The van der Waals surface area contributed by atoms with Gasteiger partial charge in [0.2, 0.25) is 0 Å². The number of hydrogen-bond donors (Lipinski definition) is 1. The lowest BCUT2D eigenvalue weighted by atomic mass is 10.1. The Labute approximate surface area is 116 Å². The van der Waals surface area contributed by atoms with Gasteiger partial charge in [0.25, 0.3) is 0 Å². The van der Waals surface area contributed by atoms with E-state index in [1.54, 1.807) is 11.3 Å². The Balaban J connectivity index is 1.94. The topological polar surface area (TPSA) is 24.9 Å². The third-order valence-electron chi connectivity index (χ3n) is 3.29. The van der Waals surface area contributed by atoms with Crippen LogP contribution in [-0.2, 0) is 0 Å². The highest BCUT2D eigenvalue weighted by atomic mass is 35.5. The van der Waals surface area contributed by atoms with Crippen LogP contribution >= 0.6 is 22.9 Å². The molecule has 3 rings (SSSR count). The average molecular weight is 279 g/mol. The van der Waals surface area contributed by atoms with Crippen LogP contribution in [-0.4, -0.2) is 11.5 Å². The molecule has 0 bridgehead atoms. The van der Waals surface area contributed by atoms with E-state index in [-0.39, 0.29) is 0 Å². The molecule has 0 aliphatic carbocycles. The minimum Gasteiger partial charge on any atom is -0.308 e. The van der Waals surface area contributed by atoms with Gasteiger partial charge in [-0.3, -0.25) is 0 Å². The van der Waals surface area contributed by atoms with Gasteiger partial charge in [0, 0.05) is 15.5 Å². The summed E-state index contributed by atoms with van der Waals surface area (Å²) in [5.74, 6) is 0. The average Bonchev–Trinajstić information content (AvgIpc) is 2.99. The Bertz CT molecular complexity index is 541. The molecule has 2 aromatic rings. The van der Waals surface area contributed by atoms with E-state index in [0.717, 1.165) is 22.8 Å². The number of nitrogens with zero attached hydrogens (tertiary/aromatic N) is 1. The molecule has 4 heteroatoms. The van der Waals surface area contributed by atoms with Gasteiger partial charge in [-0.1, -0.05) is 23.7 Å². The van der Waals surface area contributed by atoms with Crippen molar-refractivity contribution in [3.63, 3.8) is 0 Å². The van der Waals surface area contributed by atoms with Crippen molar-refractivity contribution in [1.82, 2.24) is 10.3 Å². The molecule has 1 aliphatic heterocycles. The van der Waals surface area contributed by atoms with E-state index in [4.69, 9.17) is 16.6 Å². The first-order valence-corrected chi connectivity index (χ1v) is 7.40. The fourth-order valence-corrected chi connectivity index (χ4v) is 3.52. The largest absolute Gasteiger partial charge is 0.308 e. The number of hydrogen-bond acceptors (Lipinski definition) is 3. The van der Waals surface area contributed by atoms with Gasteiger partial charge in [-0.2, -0.15) is 0 Å². The third kappa shape index (κ3) is 2.30. The van der Waals surface area contributed by atoms with E-state index in [1.807, 2.05) is 24.3 Å². The molecule has 1 saturated heterocycles. The highest BCUT2D eigenvalue weighted by Gasteiger charge is 2.21. The molecule has 1 aromatic carbocycles. The normalized spacial score (nSPS) is 19.3. The van der Waals surface area contributed by atoms with Crippen LogP contribution in [0.25, 0.3) is 11.3 Å². The predicted octanol–water partition coefficient (Wildman–Crippen LogP) is 4.20. The van der Waals surface area contributed by atoms with Gasteiger partial charge in [-0.25, -0.2) is 4.98 Å². The van der Waals surface area contributed by atoms with E-state index in [9.17, 15) is 0 Å². The third-order valence-corrected chi connectivity index (χ3v) is 4.63. The second kappa shape index (κ2) is 5.00. The molecule has 2 nitrogen and oxygen atoms in total. The predicted molar refractivity (Wildman–Crippen MR) is 77.3 cm³/mol. The molecule has 0 spiro atoms. The Hall–Kier alpha value is -0.900. The zero-order chi connectivity index (χ0) is 12.5. The highest BCUT2D eigenvalue weighted by molar-refractivity contribution is 7.12. The van der Waals surface area contributed by atoms with E-state index in [0.29, 0.717) is 6.04 Å². The molecular weight excluding hydrogens is 264 g/mol. The van der Waals surface area contributed by atoms with Crippen LogP contribution in [0.15, 0.2) is 24.3 Å². The molecule has 1 aromatic heterocycles. The van der Waals surface area contributed by atoms with Gasteiger partial charge in [0.1, 0.15) is 5.01 Å². The summed E-state index contributed by atoms with van der Waals surface area (Å²) in [5.41, 5.74) is 2.25. The van der Waals surface area contributed by atoms with Crippen LogP contribution in [0.5, 0.6) is 0 Å². The number of rotatable bonds is 2. The first kappa shape index (κ1) is 12.2. The SMILES string of the molecule is Cc1sc(C2CCCN2)nc1-c1ccc(Cl)cc1. The second-order valence-corrected chi connectivity index (χ2v) is 6.28. The molecule has 1 unspecified atom stereocenters. The van der Waals surface area contributed by atoms with Gasteiger partial charge in [0.15, 0.2) is 0 Å². The lowest BCUT2D eigenvalue weighted by Crippen LogP contribution is -2.12. The molecule has 18 heavy (non-hydrogen) atoms. The van der Waals surface area contributed by atoms with E-state index in [1.165, 1.54) is 22.7 Å². The minimum absolute atomic E-state index is 0.453. The molecule has 0 amide bonds. The summed E-state index contributed by atoms with van der Waals surface area (Å²) in [5, 5.41) is 5.49. The summed E-state index contributed by atoms with van der Waals surface area (Å²) in [6, 6.07) is 8.37. The molecule has 2 heterocycles. The highest BCUT2D eigenvalue weighted by Crippen LogP contribution is 2.33. The molecule has 1 N–H and O–H groups in total. The number of benzene rings is 1. The second-order valence-electron chi connectivity index (χ2n) is 4.61. The maximum absolute atomic E-state index is 5.92. The van der Waals surface area contributed by atoms with E-state index in [2.05, 4.69) is 12.2 Å². The number of halogens is 1. The molecule has 0 saturated carbocycles. The first-order chi connectivity index (χ1) is 8.74. The van der Waals surface area contributed by atoms with Crippen LogP contribution in [0.2, 0.25) is 5.02 Å². The number of nitrogens with one attached hydrogen (secondary N) is 1. The summed E-state index contributed by atoms with van der Waals surface area (Å²) < 4.78 is 0. The van der Waals surface area contributed by atoms with Gasteiger partial charge in [0.05, 0.1) is 11.7 Å². The number of thiazole rings is 1. The summed E-state index contributed by atoms with van der Waals surface area (Å²) in [7, 11) is 0. The fourth-order valence-electron chi connectivity index (χ4n) is 2.34. The van der Waals surface area contributed by atoms with E-state index >= 15 is 0 Å². The minimum atomic E-state index is 0.453. The number of aryl methyl sites for hydroxylation is 1. The Morgan fingerprint density at radius 3 is 2.78 bits per heavy atom. The monoisotopic (exact) mass is 278 g/mol. The summed E-state index contributed by atoms with van der Waals surface area (Å²) >= 11 is 7.72. The van der Waals surface area contributed by atoms with Crippen LogP contribution in [0.1, 0.15) is 28.8 Å². The molecule has 94 valence electrons. The zero-order valence-corrected chi connectivity index (χ0v) is 11.8. The van der Waals surface area contributed by atoms with Crippen LogP contribution in [0, 0.1) is 6.92 Å². The maximum Gasteiger partial charge on any atom is 0.111 e. The molecular formula is C14H15ClN2S. The molecule has 1 atom stereocenters. The smallest absolute Gasteiger partial charge is 0.111 e. The Kier molecular flexibility index (Phi) is 3.37. The maximum atomic E-state index is 5.92. The van der Waals surface area contributed by atoms with Crippen molar-refractivity contribution in [3.05, 3.63) is 39.2 Å². The lowest BCUT2D eigenvalue weighted by Gasteiger charge is -2.04. The number of aromatic nitrogens is 1. The summed E-state index contributed by atoms with van der Waals surface area (Å²) in [6.07, 6.45) is 2.45. The van der Waals surface area contributed by atoms with Gasteiger partial charge >= 0.3 is 0 Å². The summed E-state index contributed by atoms with van der Waals surface area (Å²) in [4.78, 5) is 6.08. The molecule has 0 radical (unpaired) electrons. The van der Waals surface area contributed by atoms with Crippen LogP contribution in [0.3, 0.4) is 0 Å². The lowest BCUT2D eigenvalue weighted by molar-refractivity contribution is 0.643. The van der Waals surface area contributed by atoms with Crippen molar-refractivity contribution >= 4 is 22.9 Å². The first-order valence-electron chi connectivity index (χ1n) is 6.20. The van der Waals surface area contributed by atoms with Crippen molar-refractivity contribution in [1.29, 1.82) is 0 Å². The van der Waals surface area contributed by atoms with Crippen LogP contribution in [0.4, 0.5) is 0 Å². The Morgan fingerprint density at radius 2 is 2.11 bits per heavy atom. The van der Waals surface area contributed by atoms with E-state index < -0.39 is 0 Å². The standard InChI is InChI=1S/C14H15ClN2S/c1-9-13(10-4-6-11(15)7-5-10)17-14(18-9)12-3-2-8-16-12/h4-7,12,16H,2-3,8H2,1H3.